The van der Waals surface area contributed by atoms with Crippen molar-refractivity contribution in [2.75, 3.05) is 0 Å². The Morgan fingerprint density at radius 2 is 1.72 bits per heavy atom. The Kier molecular flexibility index (Phi) is 6.33. The normalized spacial score (nSPS) is 11.8. The van der Waals surface area contributed by atoms with E-state index in [0.717, 1.165) is 12.1 Å². The zero-order valence-electron chi connectivity index (χ0n) is 12.9. The molecule has 2 aromatic carbocycles. The first-order chi connectivity index (χ1) is 11.8. The fourth-order valence-electron chi connectivity index (χ4n) is 2.23. The van der Waals surface area contributed by atoms with Crippen LogP contribution in [0.15, 0.2) is 36.4 Å². The third-order valence-corrected chi connectivity index (χ3v) is 4.21. The Balaban J connectivity index is 2.09. The van der Waals surface area contributed by atoms with E-state index in [1.54, 1.807) is 18.2 Å². The van der Waals surface area contributed by atoms with Crippen LogP contribution < -0.4 is 11.1 Å². The number of carbonyl (C=O) groups is 2. The summed E-state index contributed by atoms with van der Waals surface area (Å²) in [6.45, 7) is 0. The maximum absolute atomic E-state index is 13.2. The van der Waals surface area contributed by atoms with Crippen molar-refractivity contribution in [1.82, 2.24) is 5.32 Å². The molecule has 0 saturated heterocycles. The first kappa shape index (κ1) is 19.1. The van der Waals surface area contributed by atoms with Gasteiger partial charge in [0.15, 0.2) is 11.6 Å². The van der Waals surface area contributed by atoms with Gasteiger partial charge in [-0.15, -0.1) is 0 Å². The monoisotopic (exact) mass is 386 g/mol. The molecule has 0 spiro atoms. The van der Waals surface area contributed by atoms with Gasteiger partial charge >= 0.3 is 0 Å². The molecule has 0 aliphatic heterocycles. The predicted octanol–water partition coefficient (Wildman–Crippen LogP) is 3.03. The number of nitrogens with one attached hydrogen (secondary N) is 1. The van der Waals surface area contributed by atoms with Crippen LogP contribution >= 0.6 is 23.2 Å². The summed E-state index contributed by atoms with van der Waals surface area (Å²) in [7, 11) is 0. The van der Waals surface area contributed by atoms with E-state index in [1.165, 1.54) is 6.07 Å². The van der Waals surface area contributed by atoms with Crippen LogP contribution in [0.1, 0.15) is 11.1 Å². The van der Waals surface area contributed by atoms with Crippen molar-refractivity contribution in [1.29, 1.82) is 0 Å². The fraction of sp³-hybridized carbons (Fsp3) is 0.176. The molecule has 0 saturated carbocycles. The number of nitrogens with two attached hydrogens (primary N) is 1. The summed E-state index contributed by atoms with van der Waals surface area (Å²) >= 11 is 12.1. The van der Waals surface area contributed by atoms with Gasteiger partial charge in [0.2, 0.25) is 11.8 Å². The minimum absolute atomic E-state index is 0.0113. The number of primary amides is 1. The molecule has 0 radical (unpaired) electrons. The van der Waals surface area contributed by atoms with Crippen LogP contribution in [0, 0.1) is 11.6 Å². The van der Waals surface area contributed by atoms with E-state index in [-0.39, 0.29) is 18.4 Å². The smallest absolute Gasteiger partial charge is 0.240 e. The topological polar surface area (TPSA) is 72.2 Å². The molecular weight excluding hydrogens is 373 g/mol. The molecule has 2 rings (SSSR count). The van der Waals surface area contributed by atoms with Gasteiger partial charge in [0.05, 0.1) is 6.42 Å². The molecule has 0 bridgehead atoms. The minimum atomic E-state index is -1.06. The highest BCUT2D eigenvalue weighted by atomic mass is 35.5. The average Bonchev–Trinajstić information content (AvgIpc) is 2.53. The van der Waals surface area contributed by atoms with Crippen LogP contribution in [0.4, 0.5) is 8.78 Å². The molecule has 25 heavy (non-hydrogen) atoms. The zero-order valence-corrected chi connectivity index (χ0v) is 14.4. The summed E-state index contributed by atoms with van der Waals surface area (Å²) in [5.74, 6) is -3.40. The van der Waals surface area contributed by atoms with E-state index >= 15 is 0 Å². The van der Waals surface area contributed by atoms with Crippen LogP contribution in [-0.2, 0) is 22.4 Å². The maximum Gasteiger partial charge on any atom is 0.240 e. The van der Waals surface area contributed by atoms with E-state index in [0.29, 0.717) is 15.6 Å². The number of halogens is 4. The van der Waals surface area contributed by atoms with Crippen LogP contribution in [-0.4, -0.2) is 17.9 Å². The third kappa shape index (κ3) is 5.14. The number of hydrogen-bond acceptors (Lipinski definition) is 2. The van der Waals surface area contributed by atoms with Crippen LogP contribution in [0.2, 0.25) is 10.0 Å². The Morgan fingerprint density at radius 3 is 2.28 bits per heavy atom. The van der Waals surface area contributed by atoms with E-state index in [2.05, 4.69) is 5.32 Å². The highest BCUT2D eigenvalue weighted by Crippen LogP contribution is 2.25. The van der Waals surface area contributed by atoms with Crippen molar-refractivity contribution in [3.8, 4) is 0 Å². The maximum atomic E-state index is 13.2. The van der Waals surface area contributed by atoms with Crippen molar-refractivity contribution >= 4 is 35.0 Å². The summed E-state index contributed by atoms with van der Waals surface area (Å²) in [5.41, 5.74) is 6.06. The molecule has 3 N–H and O–H groups in total. The van der Waals surface area contributed by atoms with E-state index in [4.69, 9.17) is 28.9 Å². The van der Waals surface area contributed by atoms with Gasteiger partial charge in [-0.2, -0.15) is 0 Å². The molecule has 2 aromatic rings. The fourth-order valence-corrected chi connectivity index (χ4v) is 2.79. The van der Waals surface area contributed by atoms with Gasteiger partial charge in [0, 0.05) is 16.5 Å². The van der Waals surface area contributed by atoms with Crippen LogP contribution in [0.5, 0.6) is 0 Å². The van der Waals surface area contributed by atoms with Gasteiger partial charge < -0.3 is 11.1 Å². The number of rotatable bonds is 6. The van der Waals surface area contributed by atoms with Gasteiger partial charge in [-0.1, -0.05) is 35.3 Å². The lowest BCUT2D eigenvalue weighted by molar-refractivity contribution is -0.127. The second-order valence-corrected chi connectivity index (χ2v) is 6.17. The van der Waals surface area contributed by atoms with Gasteiger partial charge in [0.1, 0.15) is 6.04 Å². The molecule has 8 heteroatoms. The lowest BCUT2D eigenvalue weighted by atomic mass is 10.0. The molecule has 0 fully saturated rings. The summed E-state index contributed by atoms with van der Waals surface area (Å²) in [6, 6.07) is 6.92. The third-order valence-electron chi connectivity index (χ3n) is 3.50. The molecule has 4 nitrogen and oxygen atoms in total. The van der Waals surface area contributed by atoms with E-state index in [9.17, 15) is 18.4 Å². The molecular formula is C17H14Cl2F2N2O2. The number of benzene rings is 2. The van der Waals surface area contributed by atoms with Crippen molar-refractivity contribution in [2.24, 2.45) is 5.73 Å². The molecule has 1 atom stereocenters. The highest BCUT2D eigenvalue weighted by molar-refractivity contribution is 6.36. The van der Waals surface area contributed by atoms with Gasteiger partial charge in [0.25, 0.3) is 0 Å². The number of amides is 2. The van der Waals surface area contributed by atoms with Crippen LogP contribution in [0.25, 0.3) is 0 Å². The molecule has 0 aromatic heterocycles. The summed E-state index contributed by atoms with van der Waals surface area (Å²) < 4.78 is 26.1. The first-order valence-electron chi connectivity index (χ1n) is 7.23. The second kappa shape index (κ2) is 8.27. The lowest BCUT2D eigenvalue weighted by Crippen LogP contribution is -2.46. The summed E-state index contributed by atoms with van der Waals surface area (Å²) in [4.78, 5) is 23.7. The molecule has 0 heterocycles. The first-order valence-corrected chi connectivity index (χ1v) is 7.99. The molecule has 132 valence electrons. The predicted molar refractivity (Wildman–Crippen MR) is 91.4 cm³/mol. The van der Waals surface area contributed by atoms with Crippen molar-refractivity contribution in [2.45, 2.75) is 18.9 Å². The quantitative estimate of drug-likeness (QED) is 0.800. The SMILES string of the molecule is NC(=O)[C@H](Cc1c(Cl)cccc1Cl)NC(=O)Cc1ccc(F)c(F)c1. The Labute approximate surface area is 152 Å². The van der Waals surface area contributed by atoms with Crippen LogP contribution in [0.3, 0.4) is 0 Å². The summed E-state index contributed by atoms with van der Waals surface area (Å²) in [5, 5.41) is 3.14. The van der Waals surface area contributed by atoms with Crippen molar-refractivity contribution in [3.05, 3.63) is 69.2 Å². The van der Waals surface area contributed by atoms with Gasteiger partial charge in [-0.05, 0) is 35.4 Å². The number of hydrogen-bond donors (Lipinski definition) is 2. The van der Waals surface area contributed by atoms with E-state index < -0.39 is 29.5 Å². The Morgan fingerprint density at radius 1 is 1.08 bits per heavy atom. The Hall–Kier alpha value is -2.18. The Bertz CT molecular complexity index is 795. The summed E-state index contributed by atoms with van der Waals surface area (Å²) in [6.07, 6.45) is -0.228. The zero-order chi connectivity index (χ0) is 18.6. The average molecular weight is 387 g/mol. The van der Waals surface area contributed by atoms with E-state index in [1.807, 2.05) is 0 Å². The highest BCUT2D eigenvalue weighted by Gasteiger charge is 2.21. The molecule has 0 aliphatic carbocycles. The van der Waals surface area contributed by atoms with Gasteiger partial charge in [-0.3, -0.25) is 9.59 Å². The lowest BCUT2D eigenvalue weighted by Gasteiger charge is -2.17. The molecule has 0 unspecified atom stereocenters. The van der Waals surface area contributed by atoms with Gasteiger partial charge in [-0.25, -0.2) is 8.78 Å². The number of carbonyl (C=O) groups excluding carboxylic acids is 2. The standard InChI is InChI=1S/C17H14Cl2F2N2O2/c18-11-2-1-3-12(19)10(11)8-15(17(22)25)23-16(24)7-9-4-5-13(20)14(21)6-9/h1-6,15H,7-8H2,(H2,22,25)(H,23,24)/t15-/m0/s1. The van der Waals surface area contributed by atoms with Crippen molar-refractivity contribution in [3.63, 3.8) is 0 Å². The molecule has 0 aliphatic rings. The minimum Gasteiger partial charge on any atom is -0.368 e. The second-order valence-electron chi connectivity index (χ2n) is 5.35. The largest absolute Gasteiger partial charge is 0.368 e. The molecule has 2 amide bonds. The van der Waals surface area contributed by atoms with Crippen molar-refractivity contribution < 1.29 is 18.4 Å².